The SMILES string of the molecule is CCOC(=O)Cc1cc(Br)c(C)cc1CBr. The summed E-state index contributed by atoms with van der Waals surface area (Å²) in [5.41, 5.74) is 3.31. The van der Waals surface area contributed by atoms with Crippen LogP contribution in [0.4, 0.5) is 0 Å². The Morgan fingerprint density at radius 2 is 2.06 bits per heavy atom. The number of alkyl halides is 1. The molecule has 0 N–H and O–H groups in total. The number of hydrogen-bond acceptors (Lipinski definition) is 2. The zero-order chi connectivity index (χ0) is 12.1. The van der Waals surface area contributed by atoms with Crippen molar-refractivity contribution in [2.45, 2.75) is 25.6 Å². The predicted octanol–water partition coefficient (Wildman–Crippen LogP) is 3.76. The molecule has 0 saturated heterocycles. The lowest BCUT2D eigenvalue weighted by molar-refractivity contribution is -0.142. The van der Waals surface area contributed by atoms with Crippen LogP contribution in [0.2, 0.25) is 0 Å². The van der Waals surface area contributed by atoms with Crippen LogP contribution in [0, 0.1) is 6.92 Å². The maximum atomic E-state index is 11.4. The predicted molar refractivity (Wildman–Crippen MR) is 71.8 cm³/mol. The van der Waals surface area contributed by atoms with Gasteiger partial charge in [0.2, 0.25) is 0 Å². The molecule has 0 atom stereocenters. The fraction of sp³-hybridized carbons (Fsp3) is 0.417. The summed E-state index contributed by atoms with van der Waals surface area (Å²) in [7, 11) is 0. The number of aryl methyl sites for hydroxylation is 1. The molecule has 0 radical (unpaired) electrons. The molecule has 4 heteroatoms. The minimum absolute atomic E-state index is 0.180. The molecule has 1 aromatic rings. The molecular weight excluding hydrogens is 336 g/mol. The molecule has 88 valence electrons. The van der Waals surface area contributed by atoms with Gasteiger partial charge in [0.05, 0.1) is 13.0 Å². The number of esters is 1. The summed E-state index contributed by atoms with van der Waals surface area (Å²) in [5.74, 6) is -0.180. The van der Waals surface area contributed by atoms with Gasteiger partial charge in [0.25, 0.3) is 0 Å². The summed E-state index contributed by atoms with van der Waals surface area (Å²) < 4.78 is 5.97. The first-order valence-corrected chi connectivity index (χ1v) is 6.99. The van der Waals surface area contributed by atoms with Gasteiger partial charge in [0.1, 0.15) is 0 Å². The van der Waals surface area contributed by atoms with Crippen molar-refractivity contribution in [2.75, 3.05) is 6.61 Å². The van der Waals surface area contributed by atoms with E-state index in [4.69, 9.17) is 4.74 Å². The number of rotatable bonds is 4. The molecular formula is C12H14Br2O2. The molecule has 0 saturated carbocycles. The van der Waals surface area contributed by atoms with Gasteiger partial charge in [-0.05, 0) is 36.6 Å². The topological polar surface area (TPSA) is 26.3 Å². The first-order chi connectivity index (χ1) is 7.58. The van der Waals surface area contributed by atoms with E-state index in [1.807, 2.05) is 19.9 Å². The lowest BCUT2D eigenvalue weighted by Gasteiger charge is -2.09. The van der Waals surface area contributed by atoms with Crippen LogP contribution in [0.15, 0.2) is 16.6 Å². The molecule has 0 amide bonds. The fourth-order valence-electron chi connectivity index (χ4n) is 1.44. The molecule has 0 aliphatic rings. The number of halogens is 2. The van der Waals surface area contributed by atoms with Gasteiger partial charge >= 0.3 is 5.97 Å². The van der Waals surface area contributed by atoms with E-state index in [1.165, 1.54) is 5.56 Å². The highest BCUT2D eigenvalue weighted by Crippen LogP contribution is 2.23. The van der Waals surface area contributed by atoms with Gasteiger partial charge < -0.3 is 4.74 Å². The van der Waals surface area contributed by atoms with Crippen LogP contribution in [-0.4, -0.2) is 12.6 Å². The lowest BCUT2D eigenvalue weighted by Crippen LogP contribution is -2.09. The van der Waals surface area contributed by atoms with Gasteiger partial charge in [-0.1, -0.05) is 37.9 Å². The van der Waals surface area contributed by atoms with Gasteiger partial charge in [0, 0.05) is 9.80 Å². The largest absolute Gasteiger partial charge is 0.466 e. The van der Waals surface area contributed by atoms with Gasteiger partial charge in [-0.15, -0.1) is 0 Å². The van der Waals surface area contributed by atoms with Crippen LogP contribution in [0.1, 0.15) is 23.6 Å². The summed E-state index contributed by atoms with van der Waals surface area (Å²) in [6, 6.07) is 4.07. The maximum absolute atomic E-state index is 11.4. The third-order valence-electron chi connectivity index (χ3n) is 2.26. The Morgan fingerprint density at radius 1 is 1.38 bits per heavy atom. The molecule has 1 aromatic carbocycles. The highest BCUT2D eigenvalue weighted by Gasteiger charge is 2.10. The Bertz CT molecular complexity index is 389. The van der Waals surface area contributed by atoms with Crippen molar-refractivity contribution in [1.82, 2.24) is 0 Å². The summed E-state index contributed by atoms with van der Waals surface area (Å²) in [6.07, 6.45) is 0.327. The number of benzene rings is 1. The van der Waals surface area contributed by atoms with Gasteiger partial charge in [-0.25, -0.2) is 0 Å². The minimum Gasteiger partial charge on any atom is -0.466 e. The molecule has 0 unspecified atom stereocenters. The smallest absolute Gasteiger partial charge is 0.310 e. The van der Waals surface area contributed by atoms with Crippen LogP contribution < -0.4 is 0 Å². The van der Waals surface area contributed by atoms with E-state index >= 15 is 0 Å². The Hall–Kier alpha value is -0.350. The van der Waals surface area contributed by atoms with Crippen molar-refractivity contribution < 1.29 is 9.53 Å². The quantitative estimate of drug-likeness (QED) is 0.611. The summed E-state index contributed by atoms with van der Waals surface area (Å²) >= 11 is 6.90. The molecule has 0 aliphatic heterocycles. The van der Waals surface area contributed by atoms with Crippen molar-refractivity contribution in [3.8, 4) is 0 Å². The van der Waals surface area contributed by atoms with Crippen molar-refractivity contribution >= 4 is 37.8 Å². The normalized spacial score (nSPS) is 10.2. The first kappa shape index (κ1) is 13.7. The lowest BCUT2D eigenvalue weighted by atomic mass is 10.0. The van der Waals surface area contributed by atoms with Crippen molar-refractivity contribution in [3.63, 3.8) is 0 Å². The van der Waals surface area contributed by atoms with Crippen molar-refractivity contribution in [1.29, 1.82) is 0 Å². The summed E-state index contributed by atoms with van der Waals surface area (Å²) in [4.78, 5) is 11.4. The van der Waals surface area contributed by atoms with Crippen LogP contribution in [0.3, 0.4) is 0 Å². The van der Waals surface area contributed by atoms with Crippen LogP contribution in [0.5, 0.6) is 0 Å². The molecule has 16 heavy (non-hydrogen) atoms. The second-order valence-corrected chi connectivity index (χ2v) is 4.90. The second-order valence-electron chi connectivity index (χ2n) is 3.49. The Balaban J connectivity index is 2.94. The molecule has 0 aliphatic carbocycles. The molecule has 0 aromatic heterocycles. The summed E-state index contributed by atoms with van der Waals surface area (Å²) in [6.45, 7) is 4.27. The Kier molecular flexibility index (Phi) is 5.49. The third-order valence-corrected chi connectivity index (χ3v) is 3.72. The molecule has 2 nitrogen and oxygen atoms in total. The van der Waals surface area contributed by atoms with Gasteiger partial charge in [0.15, 0.2) is 0 Å². The maximum Gasteiger partial charge on any atom is 0.310 e. The van der Waals surface area contributed by atoms with E-state index in [0.29, 0.717) is 13.0 Å². The molecule has 0 bridgehead atoms. The number of ether oxygens (including phenoxy) is 1. The van der Waals surface area contributed by atoms with Crippen molar-refractivity contribution in [2.24, 2.45) is 0 Å². The van der Waals surface area contributed by atoms with E-state index in [1.54, 1.807) is 0 Å². The van der Waals surface area contributed by atoms with E-state index in [0.717, 1.165) is 20.9 Å². The third kappa shape index (κ3) is 3.59. The summed E-state index contributed by atoms with van der Waals surface area (Å²) in [5, 5.41) is 0.746. The second kappa shape index (κ2) is 6.40. The average Bonchev–Trinajstić information content (AvgIpc) is 2.23. The number of hydrogen-bond donors (Lipinski definition) is 0. The van der Waals surface area contributed by atoms with E-state index in [-0.39, 0.29) is 5.97 Å². The zero-order valence-corrected chi connectivity index (χ0v) is 12.5. The van der Waals surface area contributed by atoms with E-state index in [2.05, 4.69) is 37.9 Å². The van der Waals surface area contributed by atoms with E-state index < -0.39 is 0 Å². The standard InChI is InChI=1S/C12H14Br2O2/c1-3-16-12(15)6-9-5-11(14)8(2)4-10(9)7-13/h4-5H,3,6-7H2,1-2H3. The molecule has 0 fully saturated rings. The highest BCUT2D eigenvalue weighted by molar-refractivity contribution is 9.10. The first-order valence-electron chi connectivity index (χ1n) is 5.08. The highest BCUT2D eigenvalue weighted by atomic mass is 79.9. The molecule has 1 rings (SSSR count). The number of carbonyl (C=O) groups is 1. The Morgan fingerprint density at radius 3 is 2.62 bits per heavy atom. The molecule has 0 spiro atoms. The number of carbonyl (C=O) groups excluding carboxylic acids is 1. The average molecular weight is 350 g/mol. The van der Waals surface area contributed by atoms with E-state index in [9.17, 15) is 4.79 Å². The fourth-order valence-corrected chi connectivity index (χ4v) is 2.35. The van der Waals surface area contributed by atoms with Gasteiger partial charge in [-0.2, -0.15) is 0 Å². The molecule has 0 heterocycles. The zero-order valence-electron chi connectivity index (χ0n) is 9.35. The van der Waals surface area contributed by atoms with Crippen LogP contribution in [-0.2, 0) is 21.3 Å². The monoisotopic (exact) mass is 348 g/mol. The minimum atomic E-state index is -0.180. The van der Waals surface area contributed by atoms with Gasteiger partial charge in [-0.3, -0.25) is 4.79 Å². The van der Waals surface area contributed by atoms with Crippen molar-refractivity contribution in [3.05, 3.63) is 33.3 Å². The Labute approximate surface area is 113 Å². The van der Waals surface area contributed by atoms with Crippen LogP contribution in [0.25, 0.3) is 0 Å². The van der Waals surface area contributed by atoms with Crippen LogP contribution >= 0.6 is 31.9 Å².